The summed E-state index contributed by atoms with van der Waals surface area (Å²) in [6, 6.07) is 2.05. The van der Waals surface area contributed by atoms with E-state index in [9.17, 15) is 4.79 Å². The predicted octanol–water partition coefficient (Wildman–Crippen LogP) is 2.57. The van der Waals surface area contributed by atoms with E-state index in [-0.39, 0.29) is 6.42 Å². The zero-order chi connectivity index (χ0) is 14.4. The van der Waals surface area contributed by atoms with Crippen molar-refractivity contribution in [3.8, 4) is 5.75 Å². The first-order chi connectivity index (χ1) is 8.97. The van der Waals surface area contributed by atoms with Crippen molar-refractivity contribution in [2.45, 2.75) is 40.2 Å². The largest absolute Gasteiger partial charge is 0.496 e. The Hall–Kier alpha value is -1.55. The van der Waals surface area contributed by atoms with Crippen LogP contribution in [-0.4, -0.2) is 24.7 Å². The van der Waals surface area contributed by atoms with Crippen molar-refractivity contribution in [2.24, 2.45) is 0 Å². The van der Waals surface area contributed by atoms with Crippen LogP contribution in [-0.2, 0) is 11.3 Å². The lowest BCUT2D eigenvalue weighted by Crippen LogP contribution is -2.17. The smallest absolute Gasteiger partial charge is 0.303 e. The molecule has 0 bridgehead atoms. The molecule has 0 saturated carbocycles. The number of carboxylic acid groups (broad SMARTS) is 1. The number of aliphatic carboxylic acids is 1. The van der Waals surface area contributed by atoms with Gasteiger partial charge in [-0.2, -0.15) is 0 Å². The molecule has 0 radical (unpaired) electrons. The van der Waals surface area contributed by atoms with Crippen molar-refractivity contribution >= 4 is 5.97 Å². The number of rotatable bonds is 7. The molecule has 0 aliphatic rings. The second kappa shape index (κ2) is 7.14. The molecule has 1 aromatic carbocycles. The highest BCUT2D eigenvalue weighted by Gasteiger charge is 2.10. The van der Waals surface area contributed by atoms with Gasteiger partial charge in [0.25, 0.3) is 0 Å². The van der Waals surface area contributed by atoms with E-state index in [4.69, 9.17) is 9.84 Å². The van der Waals surface area contributed by atoms with Crippen molar-refractivity contribution in [3.63, 3.8) is 0 Å². The van der Waals surface area contributed by atoms with Gasteiger partial charge in [0.1, 0.15) is 5.75 Å². The molecule has 19 heavy (non-hydrogen) atoms. The summed E-state index contributed by atoms with van der Waals surface area (Å²) in [6.07, 6.45) is 0.870. The van der Waals surface area contributed by atoms with Crippen molar-refractivity contribution < 1.29 is 14.6 Å². The third-order valence-electron chi connectivity index (χ3n) is 3.47. The molecule has 106 valence electrons. The summed E-state index contributed by atoms with van der Waals surface area (Å²) in [7, 11) is 1.69. The minimum absolute atomic E-state index is 0.215. The van der Waals surface area contributed by atoms with Crippen LogP contribution >= 0.6 is 0 Å². The van der Waals surface area contributed by atoms with Gasteiger partial charge < -0.3 is 15.2 Å². The van der Waals surface area contributed by atoms with Gasteiger partial charge in [0.05, 0.1) is 7.11 Å². The van der Waals surface area contributed by atoms with E-state index < -0.39 is 5.97 Å². The van der Waals surface area contributed by atoms with Gasteiger partial charge in [0.15, 0.2) is 0 Å². The topological polar surface area (TPSA) is 58.6 Å². The summed E-state index contributed by atoms with van der Waals surface area (Å²) in [5.41, 5.74) is 4.87. The molecule has 4 heteroatoms. The first kappa shape index (κ1) is 15.5. The number of nitrogens with one attached hydrogen (secondary N) is 1. The fourth-order valence-corrected chi connectivity index (χ4v) is 2.16. The van der Waals surface area contributed by atoms with Gasteiger partial charge in [-0.15, -0.1) is 0 Å². The molecule has 1 rings (SSSR count). The molecular weight excluding hydrogens is 242 g/mol. The number of benzene rings is 1. The van der Waals surface area contributed by atoms with E-state index >= 15 is 0 Å². The first-order valence-electron chi connectivity index (χ1n) is 6.53. The van der Waals surface area contributed by atoms with Crippen molar-refractivity contribution in [1.82, 2.24) is 5.32 Å². The van der Waals surface area contributed by atoms with Gasteiger partial charge >= 0.3 is 5.97 Å². The van der Waals surface area contributed by atoms with Crippen LogP contribution in [0.2, 0.25) is 0 Å². The molecular formula is C15H23NO3. The quantitative estimate of drug-likeness (QED) is 0.744. The molecule has 0 amide bonds. The maximum Gasteiger partial charge on any atom is 0.303 e. The van der Waals surface area contributed by atoms with Crippen LogP contribution in [0, 0.1) is 20.8 Å². The van der Waals surface area contributed by atoms with Crippen LogP contribution in [0.25, 0.3) is 0 Å². The Morgan fingerprint density at radius 1 is 1.32 bits per heavy atom. The number of aryl methyl sites for hydroxylation is 1. The predicted molar refractivity (Wildman–Crippen MR) is 75.8 cm³/mol. The molecule has 0 spiro atoms. The van der Waals surface area contributed by atoms with Crippen LogP contribution in [0.1, 0.15) is 35.1 Å². The van der Waals surface area contributed by atoms with E-state index in [2.05, 4.69) is 32.2 Å². The monoisotopic (exact) mass is 265 g/mol. The summed E-state index contributed by atoms with van der Waals surface area (Å²) < 4.78 is 5.35. The first-order valence-corrected chi connectivity index (χ1v) is 6.53. The highest BCUT2D eigenvalue weighted by Crippen LogP contribution is 2.27. The highest BCUT2D eigenvalue weighted by molar-refractivity contribution is 5.66. The minimum atomic E-state index is -0.741. The fraction of sp³-hybridized carbons (Fsp3) is 0.533. The van der Waals surface area contributed by atoms with Crippen molar-refractivity contribution in [2.75, 3.05) is 13.7 Å². The molecule has 0 saturated heterocycles. The Morgan fingerprint density at radius 2 is 2.00 bits per heavy atom. The Bertz CT molecular complexity index is 455. The van der Waals surface area contributed by atoms with E-state index in [0.717, 1.165) is 24.4 Å². The van der Waals surface area contributed by atoms with Crippen LogP contribution < -0.4 is 10.1 Å². The molecule has 0 heterocycles. The van der Waals surface area contributed by atoms with Gasteiger partial charge in [-0.3, -0.25) is 4.79 Å². The average Bonchev–Trinajstić information content (AvgIpc) is 2.36. The van der Waals surface area contributed by atoms with Crippen LogP contribution in [0.4, 0.5) is 0 Å². The van der Waals surface area contributed by atoms with Crippen LogP contribution in [0.5, 0.6) is 5.75 Å². The summed E-state index contributed by atoms with van der Waals surface area (Å²) in [4.78, 5) is 10.4. The van der Waals surface area contributed by atoms with E-state index in [1.807, 2.05) is 0 Å². The van der Waals surface area contributed by atoms with E-state index in [0.29, 0.717) is 6.42 Å². The number of hydrogen-bond donors (Lipinski definition) is 2. The lowest BCUT2D eigenvalue weighted by Gasteiger charge is -2.16. The molecule has 0 aliphatic carbocycles. The van der Waals surface area contributed by atoms with Crippen molar-refractivity contribution in [1.29, 1.82) is 0 Å². The number of ether oxygens (including phenoxy) is 1. The van der Waals surface area contributed by atoms with Gasteiger partial charge in [0.2, 0.25) is 0 Å². The second-order valence-corrected chi connectivity index (χ2v) is 4.80. The Labute approximate surface area is 114 Å². The minimum Gasteiger partial charge on any atom is -0.496 e. The Balaban J connectivity index is 2.64. The Kier molecular flexibility index (Phi) is 5.83. The highest BCUT2D eigenvalue weighted by atomic mass is 16.5. The summed E-state index contributed by atoms with van der Waals surface area (Å²) in [5.74, 6) is 0.180. The Morgan fingerprint density at radius 3 is 2.58 bits per heavy atom. The second-order valence-electron chi connectivity index (χ2n) is 4.80. The van der Waals surface area contributed by atoms with Gasteiger partial charge in [-0.1, -0.05) is 0 Å². The molecule has 0 atom stereocenters. The number of carboxylic acids is 1. The molecule has 0 fully saturated rings. The molecule has 0 unspecified atom stereocenters. The van der Waals surface area contributed by atoms with Gasteiger partial charge in [-0.05, 0) is 62.1 Å². The van der Waals surface area contributed by atoms with Crippen molar-refractivity contribution in [3.05, 3.63) is 28.3 Å². The average molecular weight is 265 g/mol. The molecule has 1 aromatic rings. The van der Waals surface area contributed by atoms with Gasteiger partial charge in [0, 0.05) is 13.0 Å². The third kappa shape index (κ3) is 4.24. The standard InChI is InChI=1S/C15H23NO3/c1-10-8-14(19-4)12(3)11(2)13(10)9-16-7-5-6-15(17)18/h8,16H,5-7,9H2,1-4H3,(H,17,18). The fourth-order valence-electron chi connectivity index (χ4n) is 2.16. The lowest BCUT2D eigenvalue weighted by molar-refractivity contribution is -0.137. The SMILES string of the molecule is COc1cc(C)c(CNCCCC(=O)O)c(C)c1C. The third-order valence-corrected chi connectivity index (χ3v) is 3.47. The van der Waals surface area contributed by atoms with Gasteiger partial charge in [-0.25, -0.2) is 0 Å². The van der Waals surface area contributed by atoms with E-state index in [1.165, 1.54) is 16.7 Å². The molecule has 4 nitrogen and oxygen atoms in total. The molecule has 0 aliphatic heterocycles. The maximum absolute atomic E-state index is 10.4. The molecule has 0 aromatic heterocycles. The number of methoxy groups -OCH3 is 1. The van der Waals surface area contributed by atoms with Crippen LogP contribution in [0.15, 0.2) is 6.07 Å². The number of carbonyl (C=O) groups is 1. The summed E-state index contributed by atoms with van der Waals surface area (Å²) in [5, 5.41) is 11.9. The normalized spacial score (nSPS) is 10.5. The number of hydrogen-bond acceptors (Lipinski definition) is 3. The van der Waals surface area contributed by atoms with E-state index in [1.54, 1.807) is 7.11 Å². The molecule has 2 N–H and O–H groups in total. The summed E-state index contributed by atoms with van der Waals surface area (Å²) in [6.45, 7) is 7.71. The summed E-state index contributed by atoms with van der Waals surface area (Å²) >= 11 is 0. The zero-order valence-electron chi connectivity index (χ0n) is 12.2. The lowest BCUT2D eigenvalue weighted by atomic mass is 9.97. The van der Waals surface area contributed by atoms with Crippen LogP contribution in [0.3, 0.4) is 0 Å². The maximum atomic E-state index is 10.4. The zero-order valence-corrected chi connectivity index (χ0v) is 12.2.